The van der Waals surface area contributed by atoms with Crippen LogP contribution in [-0.4, -0.2) is 24.5 Å². The van der Waals surface area contributed by atoms with Gasteiger partial charge >= 0.3 is 5.97 Å². The molecule has 0 unspecified atom stereocenters. The van der Waals surface area contributed by atoms with Gasteiger partial charge in [-0.2, -0.15) is 0 Å². The van der Waals surface area contributed by atoms with Gasteiger partial charge in [0.15, 0.2) is 16.2 Å². The summed E-state index contributed by atoms with van der Waals surface area (Å²) in [6.45, 7) is 0. The summed E-state index contributed by atoms with van der Waals surface area (Å²) >= 11 is 0. The van der Waals surface area contributed by atoms with Gasteiger partial charge in [-0.25, -0.2) is 18.2 Å². The Morgan fingerprint density at radius 3 is 2.44 bits per heavy atom. The number of carboxylic acids is 1. The molecular weight excluding hydrogens is 258 g/mol. The van der Waals surface area contributed by atoms with Gasteiger partial charge in [-0.3, -0.25) is 0 Å². The van der Waals surface area contributed by atoms with Crippen LogP contribution in [0.2, 0.25) is 0 Å². The number of nitrogens with zero attached hydrogens (tertiary/aromatic N) is 1. The van der Waals surface area contributed by atoms with Crippen molar-refractivity contribution >= 4 is 15.8 Å². The number of oxazole rings is 1. The van der Waals surface area contributed by atoms with E-state index in [1.165, 1.54) is 30.5 Å². The fraction of sp³-hybridized carbons (Fsp3) is 0.0909. The predicted molar refractivity (Wildman–Crippen MR) is 60.8 cm³/mol. The van der Waals surface area contributed by atoms with Gasteiger partial charge < -0.3 is 9.52 Å². The second-order valence-electron chi connectivity index (χ2n) is 3.56. The standard InChI is InChI=1S/C11H9NO5S/c13-11(14)8-1-3-10(4-2-8)18(15,16)6-9-5-12-7-17-9/h1-5,7H,6H2,(H,13,14). The molecule has 1 heterocycles. The Morgan fingerprint density at radius 2 is 1.94 bits per heavy atom. The highest BCUT2D eigenvalue weighted by atomic mass is 32.2. The molecule has 6 nitrogen and oxygen atoms in total. The fourth-order valence-electron chi connectivity index (χ4n) is 1.39. The second-order valence-corrected chi connectivity index (χ2v) is 5.55. The van der Waals surface area contributed by atoms with Crippen molar-refractivity contribution < 1.29 is 22.7 Å². The van der Waals surface area contributed by atoms with Gasteiger partial charge in [-0.1, -0.05) is 0 Å². The van der Waals surface area contributed by atoms with Crippen LogP contribution in [0.3, 0.4) is 0 Å². The summed E-state index contributed by atoms with van der Waals surface area (Å²) in [6.07, 6.45) is 2.47. The van der Waals surface area contributed by atoms with E-state index < -0.39 is 15.8 Å². The summed E-state index contributed by atoms with van der Waals surface area (Å²) < 4.78 is 28.8. The van der Waals surface area contributed by atoms with Crippen LogP contribution in [0.4, 0.5) is 0 Å². The first-order chi connectivity index (χ1) is 8.49. The predicted octanol–water partition coefficient (Wildman–Crippen LogP) is 1.35. The second kappa shape index (κ2) is 4.61. The van der Waals surface area contributed by atoms with Gasteiger partial charge in [0.1, 0.15) is 11.5 Å². The maximum atomic E-state index is 11.9. The number of hydrogen-bond acceptors (Lipinski definition) is 5. The van der Waals surface area contributed by atoms with Crippen LogP contribution in [0.1, 0.15) is 16.1 Å². The lowest BCUT2D eigenvalue weighted by Gasteiger charge is -2.02. The lowest BCUT2D eigenvalue weighted by molar-refractivity contribution is 0.0696. The van der Waals surface area contributed by atoms with Crippen molar-refractivity contribution in [2.24, 2.45) is 0 Å². The molecule has 0 aliphatic heterocycles. The van der Waals surface area contributed by atoms with Gasteiger partial charge in [0.2, 0.25) is 0 Å². The summed E-state index contributed by atoms with van der Waals surface area (Å²) in [5.41, 5.74) is 0.0358. The minimum absolute atomic E-state index is 0.0358. The molecule has 0 spiro atoms. The molecule has 0 bridgehead atoms. The van der Waals surface area contributed by atoms with E-state index in [1.54, 1.807) is 0 Å². The molecule has 0 fully saturated rings. The minimum atomic E-state index is -3.55. The minimum Gasteiger partial charge on any atom is -0.478 e. The average molecular weight is 267 g/mol. The highest BCUT2D eigenvalue weighted by molar-refractivity contribution is 7.90. The van der Waals surface area contributed by atoms with Gasteiger partial charge in [-0.15, -0.1) is 0 Å². The summed E-state index contributed by atoms with van der Waals surface area (Å²) in [5, 5.41) is 8.71. The molecule has 1 aromatic heterocycles. The highest BCUT2D eigenvalue weighted by Gasteiger charge is 2.17. The van der Waals surface area contributed by atoms with E-state index in [9.17, 15) is 13.2 Å². The first-order valence-corrected chi connectivity index (χ1v) is 6.58. The zero-order valence-corrected chi connectivity index (χ0v) is 9.92. The number of carbonyl (C=O) groups is 1. The maximum absolute atomic E-state index is 11.9. The first kappa shape index (κ1) is 12.3. The third kappa shape index (κ3) is 2.57. The van der Waals surface area contributed by atoms with Gasteiger partial charge in [-0.05, 0) is 24.3 Å². The Labute approximate surface area is 103 Å². The van der Waals surface area contributed by atoms with E-state index in [-0.39, 0.29) is 22.0 Å². The van der Waals surface area contributed by atoms with Crippen LogP contribution >= 0.6 is 0 Å². The van der Waals surface area contributed by atoms with E-state index in [0.717, 1.165) is 6.39 Å². The van der Waals surface area contributed by atoms with Crippen LogP contribution in [0, 0.1) is 0 Å². The number of benzene rings is 1. The van der Waals surface area contributed by atoms with Crippen molar-refractivity contribution in [3.05, 3.63) is 48.2 Å². The van der Waals surface area contributed by atoms with Crippen LogP contribution in [0.5, 0.6) is 0 Å². The van der Waals surface area contributed by atoms with Crippen molar-refractivity contribution in [2.75, 3.05) is 0 Å². The highest BCUT2D eigenvalue weighted by Crippen LogP contribution is 2.16. The summed E-state index contributed by atoms with van der Waals surface area (Å²) in [4.78, 5) is 14.3. The monoisotopic (exact) mass is 267 g/mol. The van der Waals surface area contributed by atoms with Gasteiger partial charge in [0, 0.05) is 0 Å². The number of hydrogen-bond donors (Lipinski definition) is 1. The smallest absolute Gasteiger partial charge is 0.335 e. The van der Waals surface area contributed by atoms with Crippen LogP contribution in [-0.2, 0) is 15.6 Å². The average Bonchev–Trinajstić information content (AvgIpc) is 2.81. The lowest BCUT2D eigenvalue weighted by Crippen LogP contribution is -2.05. The van der Waals surface area contributed by atoms with Gasteiger partial charge in [0.05, 0.1) is 16.7 Å². The molecule has 0 aliphatic carbocycles. The van der Waals surface area contributed by atoms with Crippen molar-refractivity contribution in [3.8, 4) is 0 Å². The molecule has 0 amide bonds. The summed E-state index contributed by atoms with van der Waals surface area (Å²) in [6, 6.07) is 5.01. The van der Waals surface area contributed by atoms with E-state index in [2.05, 4.69) is 4.98 Å². The largest absolute Gasteiger partial charge is 0.478 e. The molecular formula is C11H9NO5S. The van der Waals surface area contributed by atoms with Crippen molar-refractivity contribution in [3.63, 3.8) is 0 Å². The molecule has 18 heavy (non-hydrogen) atoms. The molecule has 0 saturated carbocycles. The number of sulfone groups is 1. The quantitative estimate of drug-likeness (QED) is 0.897. The SMILES string of the molecule is O=C(O)c1ccc(S(=O)(=O)Cc2cnco2)cc1. The number of carboxylic acid groups (broad SMARTS) is 1. The Morgan fingerprint density at radius 1 is 1.28 bits per heavy atom. The molecule has 0 atom stereocenters. The Hall–Kier alpha value is -2.15. The zero-order valence-electron chi connectivity index (χ0n) is 9.11. The molecule has 94 valence electrons. The molecule has 0 aliphatic rings. The molecule has 1 N–H and O–H groups in total. The Kier molecular flexibility index (Phi) is 3.15. The normalized spacial score (nSPS) is 11.3. The summed E-state index contributed by atoms with van der Waals surface area (Å²) in [7, 11) is -3.55. The third-order valence-corrected chi connectivity index (χ3v) is 3.93. The molecule has 2 aromatic rings. The van der Waals surface area contributed by atoms with Crippen molar-refractivity contribution in [2.45, 2.75) is 10.6 Å². The third-order valence-electron chi connectivity index (χ3n) is 2.28. The number of rotatable bonds is 4. The molecule has 0 saturated heterocycles. The number of aromatic nitrogens is 1. The van der Waals surface area contributed by atoms with Crippen molar-refractivity contribution in [1.29, 1.82) is 0 Å². The van der Waals surface area contributed by atoms with E-state index in [4.69, 9.17) is 9.52 Å². The summed E-state index contributed by atoms with van der Waals surface area (Å²) in [5.74, 6) is -1.18. The Bertz CT molecular complexity index is 643. The maximum Gasteiger partial charge on any atom is 0.335 e. The zero-order chi connectivity index (χ0) is 13.2. The molecule has 1 aromatic carbocycles. The van der Waals surface area contributed by atoms with E-state index in [0.29, 0.717) is 0 Å². The van der Waals surface area contributed by atoms with E-state index in [1.807, 2.05) is 0 Å². The van der Waals surface area contributed by atoms with Crippen LogP contribution < -0.4 is 0 Å². The topological polar surface area (TPSA) is 97.5 Å². The Balaban J connectivity index is 2.27. The van der Waals surface area contributed by atoms with Crippen molar-refractivity contribution in [1.82, 2.24) is 4.98 Å². The molecule has 7 heteroatoms. The fourth-order valence-corrected chi connectivity index (χ4v) is 2.62. The number of aromatic carboxylic acids is 1. The van der Waals surface area contributed by atoms with Crippen LogP contribution in [0.25, 0.3) is 0 Å². The molecule has 0 radical (unpaired) electrons. The molecule has 2 rings (SSSR count). The van der Waals surface area contributed by atoms with Gasteiger partial charge in [0.25, 0.3) is 0 Å². The first-order valence-electron chi connectivity index (χ1n) is 4.92. The lowest BCUT2D eigenvalue weighted by atomic mass is 10.2. The van der Waals surface area contributed by atoms with E-state index >= 15 is 0 Å². The van der Waals surface area contributed by atoms with Crippen LogP contribution in [0.15, 0.2) is 46.2 Å².